The Kier molecular flexibility index (Phi) is 5.31. The topological polar surface area (TPSA) is 76.3 Å². The molecule has 1 heterocycles. The molecule has 4 rings (SSSR count). The molecule has 1 amide bonds. The third-order valence-electron chi connectivity index (χ3n) is 4.50. The van der Waals surface area contributed by atoms with Gasteiger partial charge in [-0.05, 0) is 23.3 Å². The van der Waals surface area contributed by atoms with Gasteiger partial charge in [0.1, 0.15) is 0 Å². The zero-order valence-corrected chi connectivity index (χ0v) is 16.2. The zero-order valence-electron chi connectivity index (χ0n) is 15.4. The highest BCUT2D eigenvalue weighted by Crippen LogP contribution is 2.30. The fourth-order valence-electron chi connectivity index (χ4n) is 3.01. The summed E-state index contributed by atoms with van der Waals surface area (Å²) in [6.07, 6.45) is 0.140. The molecule has 0 spiro atoms. The van der Waals surface area contributed by atoms with Gasteiger partial charge in [-0.2, -0.15) is 0 Å². The lowest BCUT2D eigenvalue weighted by Gasteiger charge is -2.20. The van der Waals surface area contributed by atoms with Crippen LogP contribution in [0, 0.1) is 10.1 Å². The van der Waals surface area contributed by atoms with Crippen LogP contribution in [0.2, 0.25) is 0 Å². The Morgan fingerprint density at radius 2 is 1.62 bits per heavy atom. The van der Waals surface area contributed by atoms with E-state index in [1.54, 1.807) is 17.0 Å². The summed E-state index contributed by atoms with van der Waals surface area (Å²) in [4.78, 5) is 29.9. The monoisotopic (exact) mass is 403 g/mol. The number of benzene rings is 3. The summed E-state index contributed by atoms with van der Waals surface area (Å²) in [6.45, 7) is 0.409. The van der Waals surface area contributed by atoms with Gasteiger partial charge in [-0.3, -0.25) is 19.8 Å². The molecule has 0 saturated carbocycles. The number of nitrogens with zero attached hydrogens (tertiary/aromatic N) is 3. The lowest BCUT2D eigenvalue weighted by Crippen LogP contribution is -2.31. The highest BCUT2D eigenvalue weighted by Gasteiger charge is 2.21. The Morgan fingerprint density at radius 1 is 0.931 bits per heavy atom. The van der Waals surface area contributed by atoms with Crippen LogP contribution in [0.3, 0.4) is 0 Å². The lowest BCUT2D eigenvalue weighted by atomic mass is 10.1. The molecule has 0 radical (unpaired) electrons. The maximum atomic E-state index is 13.2. The summed E-state index contributed by atoms with van der Waals surface area (Å²) >= 11 is 1.47. The molecule has 0 unspecified atom stereocenters. The summed E-state index contributed by atoms with van der Waals surface area (Å²) in [6, 6.07) is 23.6. The number of para-hydroxylation sites is 1. The second kappa shape index (κ2) is 8.20. The minimum Gasteiger partial charge on any atom is -0.283 e. The van der Waals surface area contributed by atoms with Crippen LogP contribution in [0.4, 0.5) is 10.8 Å². The first-order chi connectivity index (χ1) is 14.1. The molecule has 0 aliphatic rings. The van der Waals surface area contributed by atoms with E-state index in [1.165, 1.54) is 23.5 Å². The fraction of sp³-hybridized carbons (Fsp3) is 0.0909. The Hall–Kier alpha value is -3.58. The van der Waals surface area contributed by atoms with E-state index in [9.17, 15) is 14.9 Å². The van der Waals surface area contributed by atoms with Crippen molar-refractivity contribution in [3.8, 4) is 0 Å². The summed E-state index contributed by atoms with van der Waals surface area (Å²) in [5.74, 6) is -0.109. The van der Waals surface area contributed by atoms with E-state index in [0.717, 1.165) is 21.3 Å². The highest BCUT2D eigenvalue weighted by molar-refractivity contribution is 7.22. The van der Waals surface area contributed by atoms with Crippen molar-refractivity contribution in [2.24, 2.45) is 0 Å². The summed E-state index contributed by atoms with van der Waals surface area (Å²) in [5.41, 5.74) is 2.59. The molecule has 7 heteroatoms. The number of fused-ring (bicyclic) bond motifs is 1. The summed E-state index contributed by atoms with van der Waals surface area (Å²) in [5, 5.41) is 11.5. The van der Waals surface area contributed by atoms with Gasteiger partial charge in [-0.25, -0.2) is 4.98 Å². The van der Waals surface area contributed by atoms with Gasteiger partial charge in [-0.15, -0.1) is 0 Å². The van der Waals surface area contributed by atoms with Gasteiger partial charge in [0.05, 0.1) is 28.1 Å². The number of hydrogen-bond donors (Lipinski definition) is 0. The second-order valence-electron chi connectivity index (χ2n) is 6.53. The van der Waals surface area contributed by atoms with Gasteiger partial charge in [0.25, 0.3) is 5.69 Å². The first-order valence-electron chi connectivity index (χ1n) is 9.03. The number of thiazole rings is 1. The van der Waals surface area contributed by atoms with Crippen molar-refractivity contribution in [3.05, 3.63) is 100 Å². The fourth-order valence-corrected chi connectivity index (χ4v) is 3.99. The van der Waals surface area contributed by atoms with Gasteiger partial charge in [0.15, 0.2) is 5.13 Å². The minimum atomic E-state index is -0.450. The first-order valence-corrected chi connectivity index (χ1v) is 9.85. The van der Waals surface area contributed by atoms with Crippen molar-refractivity contribution in [2.45, 2.75) is 13.0 Å². The van der Waals surface area contributed by atoms with E-state index >= 15 is 0 Å². The van der Waals surface area contributed by atoms with Crippen molar-refractivity contribution < 1.29 is 9.72 Å². The van der Waals surface area contributed by atoms with Crippen molar-refractivity contribution >= 4 is 38.3 Å². The zero-order chi connectivity index (χ0) is 20.2. The van der Waals surface area contributed by atoms with Crippen molar-refractivity contribution in [1.29, 1.82) is 0 Å². The van der Waals surface area contributed by atoms with Crippen LogP contribution in [0.15, 0.2) is 78.9 Å². The predicted octanol–water partition coefficient (Wildman–Crippen LogP) is 4.98. The number of rotatable bonds is 6. The normalized spacial score (nSPS) is 10.8. The SMILES string of the molecule is O=C(Cc1ccc([N+](=O)[O-])cc1)N(Cc1ccccc1)c1nc2ccccc2s1. The Labute approximate surface area is 171 Å². The van der Waals surface area contributed by atoms with Gasteiger partial charge in [0.2, 0.25) is 5.91 Å². The molecule has 0 aliphatic carbocycles. The number of anilines is 1. The molecule has 0 fully saturated rings. The smallest absolute Gasteiger partial charge is 0.269 e. The number of carbonyl (C=O) groups excluding carboxylic acids is 1. The molecule has 6 nitrogen and oxygen atoms in total. The minimum absolute atomic E-state index is 0.00788. The van der Waals surface area contributed by atoms with E-state index in [1.807, 2.05) is 54.6 Å². The molecule has 0 N–H and O–H groups in total. The van der Waals surface area contributed by atoms with Crippen LogP contribution in [-0.2, 0) is 17.8 Å². The number of nitro benzene ring substituents is 1. The molecule has 144 valence electrons. The number of nitro groups is 1. The number of carbonyl (C=O) groups is 1. The molecular formula is C22H17N3O3S. The number of amides is 1. The van der Waals surface area contributed by atoms with Crippen molar-refractivity contribution in [1.82, 2.24) is 4.98 Å². The van der Waals surface area contributed by atoms with Crippen LogP contribution < -0.4 is 4.90 Å². The van der Waals surface area contributed by atoms with Gasteiger partial charge in [0, 0.05) is 12.1 Å². The third-order valence-corrected chi connectivity index (χ3v) is 5.56. The van der Waals surface area contributed by atoms with Crippen LogP contribution in [0.25, 0.3) is 10.2 Å². The van der Waals surface area contributed by atoms with Crippen molar-refractivity contribution in [3.63, 3.8) is 0 Å². The Balaban J connectivity index is 1.63. The molecule has 0 bridgehead atoms. The molecule has 29 heavy (non-hydrogen) atoms. The van der Waals surface area contributed by atoms with Crippen molar-refractivity contribution in [2.75, 3.05) is 4.90 Å². The average Bonchev–Trinajstić information content (AvgIpc) is 3.17. The van der Waals surface area contributed by atoms with Gasteiger partial charge >= 0.3 is 0 Å². The van der Waals surface area contributed by atoms with E-state index < -0.39 is 4.92 Å². The first kappa shape index (κ1) is 18.8. The van der Waals surface area contributed by atoms with E-state index in [-0.39, 0.29) is 18.0 Å². The number of hydrogen-bond acceptors (Lipinski definition) is 5. The van der Waals surface area contributed by atoms with E-state index in [2.05, 4.69) is 4.98 Å². The molecule has 0 atom stereocenters. The Bertz CT molecular complexity index is 1120. The largest absolute Gasteiger partial charge is 0.283 e. The molecule has 0 saturated heterocycles. The lowest BCUT2D eigenvalue weighted by molar-refractivity contribution is -0.384. The molecule has 3 aromatic carbocycles. The molecule has 1 aromatic heterocycles. The standard InChI is InChI=1S/C22H17N3O3S/c26-21(14-16-10-12-18(13-11-16)25(27)28)24(15-17-6-2-1-3-7-17)22-23-19-8-4-5-9-20(19)29-22/h1-13H,14-15H2. The van der Waals surface area contributed by atoms with E-state index in [4.69, 9.17) is 0 Å². The molecule has 4 aromatic rings. The third kappa shape index (κ3) is 4.30. The maximum Gasteiger partial charge on any atom is 0.269 e. The number of non-ortho nitro benzene ring substituents is 1. The molecular weight excluding hydrogens is 386 g/mol. The molecule has 0 aliphatic heterocycles. The van der Waals surface area contributed by atoms with Gasteiger partial charge < -0.3 is 0 Å². The summed E-state index contributed by atoms with van der Waals surface area (Å²) in [7, 11) is 0. The average molecular weight is 403 g/mol. The predicted molar refractivity (Wildman–Crippen MR) is 114 cm³/mol. The van der Waals surface area contributed by atoms with Crippen LogP contribution in [-0.4, -0.2) is 15.8 Å². The summed E-state index contributed by atoms with van der Waals surface area (Å²) < 4.78 is 1.02. The quantitative estimate of drug-likeness (QED) is 0.336. The van der Waals surface area contributed by atoms with Gasteiger partial charge in [-0.1, -0.05) is 65.9 Å². The highest BCUT2D eigenvalue weighted by atomic mass is 32.1. The second-order valence-corrected chi connectivity index (χ2v) is 7.54. The van der Waals surface area contributed by atoms with Crippen LogP contribution in [0.1, 0.15) is 11.1 Å². The van der Waals surface area contributed by atoms with Crippen LogP contribution in [0.5, 0.6) is 0 Å². The Morgan fingerprint density at radius 3 is 2.31 bits per heavy atom. The van der Waals surface area contributed by atoms with Crippen LogP contribution >= 0.6 is 11.3 Å². The maximum absolute atomic E-state index is 13.2. The number of aromatic nitrogens is 1. The van der Waals surface area contributed by atoms with E-state index in [0.29, 0.717) is 11.7 Å².